The smallest absolute Gasteiger partial charge is 0.132 e. The summed E-state index contributed by atoms with van der Waals surface area (Å²) in [6.45, 7) is 6.35. The van der Waals surface area contributed by atoms with Crippen LogP contribution in [0.15, 0.2) is 36.5 Å². The van der Waals surface area contributed by atoms with Gasteiger partial charge in [0.15, 0.2) is 0 Å². The maximum atomic E-state index is 9.53. The fourth-order valence-corrected chi connectivity index (χ4v) is 1.76. The summed E-state index contributed by atoms with van der Waals surface area (Å²) in [4.78, 5) is 0. The number of benzene rings is 1. The molecule has 0 amide bonds. The minimum Gasteiger partial charge on any atom is -0.487 e. The second-order valence-electron chi connectivity index (χ2n) is 4.92. The van der Waals surface area contributed by atoms with Crippen molar-refractivity contribution in [3.63, 3.8) is 0 Å². The zero-order valence-corrected chi connectivity index (χ0v) is 11.6. The monoisotopic (exact) mass is 260 g/mol. The molecule has 0 spiro atoms. The van der Waals surface area contributed by atoms with Crippen molar-refractivity contribution in [2.24, 2.45) is 0 Å². The van der Waals surface area contributed by atoms with E-state index in [1.165, 1.54) is 0 Å². The van der Waals surface area contributed by atoms with E-state index >= 15 is 0 Å². The second kappa shape index (κ2) is 5.89. The van der Waals surface area contributed by atoms with E-state index in [9.17, 15) is 5.11 Å². The number of aromatic nitrogens is 2. The summed E-state index contributed by atoms with van der Waals surface area (Å²) in [5, 5.41) is 14.0. The molecule has 0 aliphatic heterocycles. The first-order valence-electron chi connectivity index (χ1n) is 6.51. The fraction of sp³-hybridized carbons (Fsp3) is 0.400. The van der Waals surface area contributed by atoms with E-state index < -0.39 is 6.10 Å². The molecule has 0 radical (unpaired) electrons. The summed E-state index contributed by atoms with van der Waals surface area (Å²) in [7, 11) is 0. The topological polar surface area (TPSA) is 47.3 Å². The molecule has 0 aliphatic rings. The number of aliphatic hydroxyl groups excluding tert-OH is 1. The van der Waals surface area contributed by atoms with Gasteiger partial charge in [0.05, 0.1) is 11.8 Å². The van der Waals surface area contributed by atoms with Crippen LogP contribution in [0, 0.1) is 0 Å². The molecule has 0 saturated heterocycles. The van der Waals surface area contributed by atoms with Crippen molar-refractivity contribution in [1.82, 2.24) is 9.78 Å². The number of ether oxygens (including phenoxy) is 1. The Balaban J connectivity index is 1.99. The molecule has 102 valence electrons. The van der Waals surface area contributed by atoms with Gasteiger partial charge in [-0.15, -0.1) is 0 Å². The second-order valence-corrected chi connectivity index (χ2v) is 4.92. The van der Waals surface area contributed by atoms with Gasteiger partial charge in [0.1, 0.15) is 12.4 Å². The molecule has 1 aromatic heterocycles. The number of hydrogen-bond acceptors (Lipinski definition) is 3. The quantitative estimate of drug-likeness (QED) is 0.898. The molecule has 2 aromatic rings. The predicted octanol–water partition coefficient (Wildman–Crippen LogP) is 3.10. The molecular weight excluding hydrogens is 240 g/mol. The molecule has 2 rings (SSSR count). The van der Waals surface area contributed by atoms with Gasteiger partial charge in [0, 0.05) is 12.2 Å². The minimum absolute atomic E-state index is 0.354. The van der Waals surface area contributed by atoms with Crippen LogP contribution < -0.4 is 4.74 Å². The molecule has 0 aliphatic carbocycles. The molecule has 1 atom stereocenters. The van der Waals surface area contributed by atoms with Crippen molar-refractivity contribution in [3.8, 4) is 5.75 Å². The fourth-order valence-electron chi connectivity index (χ4n) is 1.76. The highest BCUT2D eigenvalue weighted by atomic mass is 16.5. The first-order valence-corrected chi connectivity index (χ1v) is 6.51. The van der Waals surface area contributed by atoms with Gasteiger partial charge in [0.2, 0.25) is 0 Å². The van der Waals surface area contributed by atoms with E-state index in [2.05, 4.69) is 18.9 Å². The Labute approximate surface area is 113 Å². The molecule has 0 unspecified atom stereocenters. The summed E-state index contributed by atoms with van der Waals surface area (Å²) < 4.78 is 7.60. The molecule has 4 heteroatoms. The molecule has 0 saturated carbocycles. The predicted molar refractivity (Wildman–Crippen MR) is 74.0 cm³/mol. The highest BCUT2D eigenvalue weighted by Crippen LogP contribution is 2.19. The van der Waals surface area contributed by atoms with Crippen molar-refractivity contribution in [1.29, 1.82) is 0 Å². The minimum atomic E-state index is -0.483. The third kappa shape index (κ3) is 3.58. The maximum absolute atomic E-state index is 9.53. The Morgan fingerprint density at radius 1 is 1.26 bits per heavy atom. The van der Waals surface area contributed by atoms with E-state index in [-0.39, 0.29) is 0 Å². The number of rotatable bonds is 5. The van der Waals surface area contributed by atoms with Gasteiger partial charge < -0.3 is 9.84 Å². The number of hydrogen-bond donors (Lipinski definition) is 1. The standard InChI is InChI=1S/C15H20N2O2/c1-11(2)17-8-7-14(16-17)10-19-15-6-4-5-13(9-15)12(3)18/h4-9,11-12,18H,10H2,1-3H3/t12-/m0/s1. The first kappa shape index (κ1) is 13.6. The molecule has 1 N–H and O–H groups in total. The van der Waals surface area contributed by atoms with Crippen LogP contribution in [-0.4, -0.2) is 14.9 Å². The molecule has 4 nitrogen and oxygen atoms in total. The van der Waals surface area contributed by atoms with Crippen LogP contribution in [0.4, 0.5) is 0 Å². The van der Waals surface area contributed by atoms with Crippen molar-refractivity contribution in [3.05, 3.63) is 47.8 Å². The van der Waals surface area contributed by atoms with Crippen LogP contribution in [-0.2, 0) is 6.61 Å². The van der Waals surface area contributed by atoms with Crippen molar-refractivity contribution in [2.45, 2.75) is 39.5 Å². The van der Waals surface area contributed by atoms with Gasteiger partial charge in [0.25, 0.3) is 0 Å². The van der Waals surface area contributed by atoms with E-state index in [1.807, 2.05) is 41.2 Å². The largest absolute Gasteiger partial charge is 0.487 e. The lowest BCUT2D eigenvalue weighted by Gasteiger charge is -2.08. The van der Waals surface area contributed by atoms with Gasteiger partial charge in [-0.25, -0.2) is 0 Å². The van der Waals surface area contributed by atoms with Gasteiger partial charge >= 0.3 is 0 Å². The van der Waals surface area contributed by atoms with Crippen molar-refractivity contribution < 1.29 is 9.84 Å². The van der Waals surface area contributed by atoms with E-state index in [4.69, 9.17) is 4.74 Å². The van der Waals surface area contributed by atoms with Gasteiger partial charge in [-0.3, -0.25) is 4.68 Å². The molecule has 1 heterocycles. The van der Waals surface area contributed by atoms with Crippen LogP contribution in [0.2, 0.25) is 0 Å². The van der Waals surface area contributed by atoms with Gasteiger partial charge in [-0.2, -0.15) is 5.10 Å². The zero-order valence-electron chi connectivity index (χ0n) is 11.6. The Bertz CT molecular complexity index is 532. The van der Waals surface area contributed by atoms with Crippen LogP contribution >= 0.6 is 0 Å². The zero-order chi connectivity index (χ0) is 13.8. The summed E-state index contributed by atoms with van der Waals surface area (Å²) >= 11 is 0. The highest BCUT2D eigenvalue weighted by molar-refractivity contribution is 5.29. The number of nitrogens with zero attached hydrogens (tertiary/aromatic N) is 2. The average Bonchev–Trinajstić information content (AvgIpc) is 2.85. The summed E-state index contributed by atoms with van der Waals surface area (Å²) in [6.07, 6.45) is 1.47. The van der Waals surface area contributed by atoms with Crippen molar-refractivity contribution >= 4 is 0 Å². The normalized spacial score (nSPS) is 12.7. The van der Waals surface area contributed by atoms with Crippen LogP contribution in [0.3, 0.4) is 0 Å². The lowest BCUT2D eigenvalue weighted by atomic mass is 10.1. The van der Waals surface area contributed by atoms with Gasteiger partial charge in [-0.1, -0.05) is 12.1 Å². The maximum Gasteiger partial charge on any atom is 0.132 e. The summed E-state index contributed by atoms with van der Waals surface area (Å²) in [5.74, 6) is 0.748. The lowest BCUT2D eigenvalue weighted by Crippen LogP contribution is -2.03. The molecular formula is C15H20N2O2. The average molecular weight is 260 g/mol. The van der Waals surface area contributed by atoms with Crippen LogP contribution in [0.5, 0.6) is 5.75 Å². The Kier molecular flexibility index (Phi) is 4.22. The highest BCUT2D eigenvalue weighted by Gasteiger charge is 2.05. The van der Waals surface area contributed by atoms with E-state index in [0.717, 1.165) is 17.0 Å². The van der Waals surface area contributed by atoms with Crippen LogP contribution in [0.1, 0.15) is 44.2 Å². The third-order valence-electron chi connectivity index (χ3n) is 2.92. The molecule has 1 aromatic carbocycles. The Morgan fingerprint density at radius 3 is 2.68 bits per heavy atom. The SMILES string of the molecule is CC(C)n1ccc(COc2cccc([C@H](C)O)c2)n1. The van der Waals surface area contributed by atoms with Gasteiger partial charge in [-0.05, 0) is 44.5 Å². The van der Waals surface area contributed by atoms with Crippen LogP contribution in [0.25, 0.3) is 0 Å². The lowest BCUT2D eigenvalue weighted by molar-refractivity contribution is 0.198. The molecule has 0 bridgehead atoms. The number of aliphatic hydroxyl groups is 1. The Hall–Kier alpha value is -1.81. The summed E-state index contributed by atoms with van der Waals surface area (Å²) in [6, 6.07) is 9.80. The van der Waals surface area contributed by atoms with E-state index in [1.54, 1.807) is 6.92 Å². The molecule has 19 heavy (non-hydrogen) atoms. The van der Waals surface area contributed by atoms with Crippen molar-refractivity contribution in [2.75, 3.05) is 0 Å². The first-order chi connectivity index (χ1) is 9.06. The molecule has 0 fully saturated rings. The third-order valence-corrected chi connectivity index (χ3v) is 2.92. The Morgan fingerprint density at radius 2 is 2.05 bits per heavy atom. The summed E-state index contributed by atoms with van der Waals surface area (Å²) in [5.41, 5.74) is 1.75. The van der Waals surface area contributed by atoms with E-state index in [0.29, 0.717) is 12.6 Å².